The summed E-state index contributed by atoms with van der Waals surface area (Å²) in [7, 11) is 0. The number of anilines is 1. The minimum absolute atomic E-state index is 0.0786. The van der Waals surface area contributed by atoms with E-state index in [0.29, 0.717) is 16.5 Å². The van der Waals surface area contributed by atoms with Gasteiger partial charge < -0.3 is 15.6 Å². The van der Waals surface area contributed by atoms with E-state index in [0.717, 1.165) is 47.6 Å². The molecule has 4 rings (SSSR count). The molecule has 0 saturated heterocycles. The van der Waals surface area contributed by atoms with Crippen LogP contribution < -0.4 is 10.5 Å². The van der Waals surface area contributed by atoms with Crippen molar-refractivity contribution >= 4 is 34.4 Å². The molecule has 0 bridgehead atoms. The van der Waals surface area contributed by atoms with Crippen LogP contribution in [0.15, 0.2) is 54.6 Å². The number of nitrogens with two attached hydrogens (primary N) is 1. The average molecular weight is 456 g/mol. The lowest BCUT2D eigenvalue weighted by Crippen LogP contribution is -2.02. The number of hydrogen-bond donors (Lipinski definition) is 2. The summed E-state index contributed by atoms with van der Waals surface area (Å²) in [4.78, 5) is 11.5. The van der Waals surface area contributed by atoms with Gasteiger partial charge in [0.1, 0.15) is 24.0 Å². The number of carbonyl (C=O) groups is 1. The van der Waals surface area contributed by atoms with Gasteiger partial charge in [0, 0.05) is 27.9 Å². The molecule has 0 heterocycles. The van der Waals surface area contributed by atoms with Crippen LogP contribution in [0.3, 0.4) is 0 Å². The summed E-state index contributed by atoms with van der Waals surface area (Å²) in [6, 6.07) is 13.3. The van der Waals surface area contributed by atoms with Gasteiger partial charge in [-0.05, 0) is 84.5 Å². The smallest absolute Gasteiger partial charge is 0.335 e. The fourth-order valence-electron chi connectivity index (χ4n) is 3.97. The van der Waals surface area contributed by atoms with Gasteiger partial charge in [-0.2, -0.15) is 0 Å². The Bertz CT molecular complexity index is 1240. The van der Waals surface area contributed by atoms with Crippen LogP contribution in [-0.2, 0) is 6.61 Å². The molecule has 0 aromatic heterocycles. The minimum Gasteiger partial charge on any atom is -0.488 e. The molecule has 0 atom stereocenters. The van der Waals surface area contributed by atoms with Crippen molar-refractivity contribution in [2.45, 2.75) is 25.9 Å². The molecule has 7 heteroatoms. The standard InChI is InChI=1S/C25H20ClF2NO3/c26-17-5-7-24(32-13-14-4-6-18(27)12-23(14)28)22(11-17)21-3-1-2-20(21)15-8-16(25(30)31)10-19(29)9-15/h4-12H,1-3,13,29H2,(H,30,31). The summed E-state index contributed by atoms with van der Waals surface area (Å²) < 4.78 is 33.1. The lowest BCUT2D eigenvalue weighted by Gasteiger charge is -2.16. The van der Waals surface area contributed by atoms with E-state index >= 15 is 0 Å². The van der Waals surface area contributed by atoms with Crippen molar-refractivity contribution in [1.29, 1.82) is 0 Å². The Hall–Kier alpha value is -3.38. The Morgan fingerprint density at radius 3 is 2.56 bits per heavy atom. The predicted octanol–water partition coefficient (Wildman–Crippen LogP) is 6.57. The topological polar surface area (TPSA) is 72.6 Å². The number of benzene rings is 3. The predicted molar refractivity (Wildman–Crippen MR) is 121 cm³/mol. The van der Waals surface area contributed by atoms with Gasteiger partial charge in [0.05, 0.1) is 5.56 Å². The second kappa shape index (κ2) is 9.01. The van der Waals surface area contributed by atoms with Gasteiger partial charge in [-0.3, -0.25) is 0 Å². The zero-order valence-corrected chi connectivity index (χ0v) is 17.8. The van der Waals surface area contributed by atoms with Crippen LogP contribution in [0.5, 0.6) is 5.75 Å². The van der Waals surface area contributed by atoms with E-state index in [4.69, 9.17) is 22.1 Å². The number of ether oxygens (including phenoxy) is 1. The van der Waals surface area contributed by atoms with E-state index in [1.54, 1.807) is 30.3 Å². The molecule has 0 saturated carbocycles. The molecule has 0 unspecified atom stereocenters. The Kier molecular flexibility index (Phi) is 6.15. The van der Waals surface area contributed by atoms with Gasteiger partial charge in [-0.1, -0.05) is 11.6 Å². The second-order valence-corrected chi connectivity index (χ2v) is 8.06. The monoisotopic (exact) mass is 455 g/mol. The molecular weight excluding hydrogens is 436 g/mol. The van der Waals surface area contributed by atoms with Crippen LogP contribution in [0.2, 0.25) is 5.02 Å². The van der Waals surface area contributed by atoms with Gasteiger partial charge in [0.2, 0.25) is 0 Å². The molecule has 0 fully saturated rings. The maximum Gasteiger partial charge on any atom is 0.335 e. The first kappa shape index (κ1) is 21.8. The molecule has 4 nitrogen and oxygen atoms in total. The molecule has 1 aliphatic rings. The van der Waals surface area contributed by atoms with E-state index < -0.39 is 17.6 Å². The maximum absolute atomic E-state index is 14.0. The van der Waals surface area contributed by atoms with Crippen molar-refractivity contribution in [3.05, 3.63) is 93.5 Å². The summed E-state index contributed by atoms with van der Waals surface area (Å²) >= 11 is 6.26. The van der Waals surface area contributed by atoms with E-state index in [-0.39, 0.29) is 17.7 Å². The molecule has 1 aliphatic carbocycles. The molecule has 0 aliphatic heterocycles. The van der Waals surface area contributed by atoms with Crippen molar-refractivity contribution in [3.8, 4) is 5.75 Å². The van der Waals surface area contributed by atoms with Gasteiger partial charge in [-0.25, -0.2) is 13.6 Å². The summed E-state index contributed by atoms with van der Waals surface area (Å²) in [6.45, 7) is -0.0786. The highest BCUT2D eigenvalue weighted by molar-refractivity contribution is 6.30. The average Bonchev–Trinajstić information content (AvgIpc) is 3.23. The quantitative estimate of drug-likeness (QED) is 0.412. The highest BCUT2D eigenvalue weighted by Crippen LogP contribution is 2.44. The normalized spacial score (nSPS) is 13.5. The van der Waals surface area contributed by atoms with Gasteiger partial charge in [0.25, 0.3) is 0 Å². The van der Waals surface area contributed by atoms with E-state index in [9.17, 15) is 18.7 Å². The SMILES string of the molecule is Nc1cc(C(=O)O)cc(C2=C(c3cc(Cl)ccc3OCc3ccc(F)cc3F)CCC2)c1. The molecular formula is C25H20ClF2NO3. The number of allylic oxidation sites excluding steroid dienone is 2. The highest BCUT2D eigenvalue weighted by atomic mass is 35.5. The molecule has 3 aromatic rings. The molecule has 164 valence electrons. The first-order chi connectivity index (χ1) is 15.3. The summed E-state index contributed by atoms with van der Waals surface area (Å²) in [5, 5.41) is 9.91. The van der Waals surface area contributed by atoms with Crippen LogP contribution in [0.4, 0.5) is 14.5 Å². The van der Waals surface area contributed by atoms with Crippen LogP contribution in [0.25, 0.3) is 11.1 Å². The Balaban J connectivity index is 1.74. The molecule has 0 radical (unpaired) electrons. The Morgan fingerprint density at radius 2 is 1.81 bits per heavy atom. The number of hydrogen-bond acceptors (Lipinski definition) is 3. The van der Waals surface area contributed by atoms with Crippen molar-refractivity contribution in [2.24, 2.45) is 0 Å². The fraction of sp³-hybridized carbons (Fsp3) is 0.160. The highest BCUT2D eigenvalue weighted by Gasteiger charge is 2.22. The van der Waals surface area contributed by atoms with Crippen molar-refractivity contribution in [1.82, 2.24) is 0 Å². The zero-order valence-electron chi connectivity index (χ0n) is 17.0. The largest absolute Gasteiger partial charge is 0.488 e. The third-order valence-corrected chi connectivity index (χ3v) is 5.67. The summed E-state index contributed by atoms with van der Waals surface area (Å²) in [5.41, 5.74) is 10.1. The summed E-state index contributed by atoms with van der Waals surface area (Å²) in [6.07, 6.45) is 2.37. The number of aromatic carboxylic acids is 1. The fourth-order valence-corrected chi connectivity index (χ4v) is 4.14. The number of rotatable bonds is 6. The van der Waals surface area contributed by atoms with E-state index in [1.807, 2.05) is 0 Å². The molecule has 3 aromatic carbocycles. The van der Waals surface area contributed by atoms with Gasteiger partial charge in [0.15, 0.2) is 0 Å². The number of carboxylic acid groups (broad SMARTS) is 1. The van der Waals surface area contributed by atoms with Crippen molar-refractivity contribution < 1.29 is 23.4 Å². The maximum atomic E-state index is 14.0. The number of halogens is 3. The van der Waals surface area contributed by atoms with Crippen LogP contribution in [-0.4, -0.2) is 11.1 Å². The van der Waals surface area contributed by atoms with Crippen LogP contribution >= 0.6 is 11.6 Å². The van der Waals surface area contributed by atoms with Crippen LogP contribution in [0.1, 0.15) is 46.3 Å². The Labute approximate surface area is 188 Å². The lowest BCUT2D eigenvalue weighted by atomic mass is 9.95. The molecule has 0 spiro atoms. The first-order valence-electron chi connectivity index (χ1n) is 10.0. The van der Waals surface area contributed by atoms with E-state index in [1.165, 1.54) is 18.2 Å². The number of carboxylic acids is 1. The lowest BCUT2D eigenvalue weighted by molar-refractivity contribution is 0.0697. The molecule has 3 N–H and O–H groups in total. The van der Waals surface area contributed by atoms with Crippen LogP contribution in [0, 0.1) is 11.6 Å². The first-order valence-corrected chi connectivity index (χ1v) is 10.4. The molecule has 0 amide bonds. The third kappa shape index (κ3) is 4.60. The third-order valence-electron chi connectivity index (χ3n) is 5.43. The van der Waals surface area contributed by atoms with Gasteiger partial charge in [-0.15, -0.1) is 0 Å². The number of nitrogen functional groups attached to an aromatic ring is 1. The minimum atomic E-state index is -1.05. The molecule has 32 heavy (non-hydrogen) atoms. The zero-order chi connectivity index (χ0) is 22.8. The second-order valence-electron chi connectivity index (χ2n) is 7.62. The Morgan fingerprint density at radius 1 is 1.03 bits per heavy atom. The van der Waals surface area contributed by atoms with Crippen molar-refractivity contribution in [3.63, 3.8) is 0 Å². The van der Waals surface area contributed by atoms with Gasteiger partial charge >= 0.3 is 5.97 Å². The van der Waals surface area contributed by atoms with Crippen molar-refractivity contribution in [2.75, 3.05) is 5.73 Å². The summed E-state index contributed by atoms with van der Waals surface area (Å²) in [5.74, 6) is -1.87. The van der Waals surface area contributed by atoms with E-state index in [2.05, 4.69) is 0 Å².